The van der Waals surface area contributed by atoms with Crippen LogP contribution in [0.15, 0.2) is 24.3 Å². The minimum absolute atomic E-state index is 0.134. The van der Waals surface area contributed by atoms with Crippen molar-refractivity contribution in [3.05, 3.63) is 29.8 Å². The second-order valence-electron chi connectivity index (χ2n) is 5.78. The van der Waals surface area contributed by atoms with Gasteiger partial charge >= 0.3 is 5.97 Å². The Hall–Kier alpha value is -1.55. The molecule has 1 aromatic rings. The van der Waals surface area contributed by atoms with Gasteiger partial charge in [-0.2, -0.15) is 0 Å². The fourth-order valence-corrected chi connectivity index (χ4v) is 2.75. The lowest BCUT2D eigenvalue weighted by Crippen LogP contribution is -2.28. The summed E-state index contributed by atoms with van der Waals surface area (Å²) in [6.45, 7) is 5.34. The predicted molar refractivity (Wildman–Crippen MR) is 87.1 cm³/mol. The van der Waals surface area contributed by atoms with Gasteiger partial charge in [-0.05, 0) is 69.3 Å². The van der Waals surface area contributed by atoms with Crippen LogP contribution in [0.3, 0.4) is 0 Å². The van der Waals surface area contributed by atoms with E-state index in [-0.39, 0.29) is 5.97 Å². The van der Waals surface area contributed by atoms with E-state index in [0.29, 0.717) is 19.4 Å². The number of benzene rings is 1. The molecule has 1 saturated heterocycles. The lowest BCUT2D eigenvalue weighted by Gasteiger charge is -2.22. The smallest absolute Gasteiger partial charge is 0.306 e. The molecular weight excluding hydrogens is 278 g/mol. The van der Waals surface area contributed by atoms with E-state index >= 15 is 0 Å². The first-order valence-electron chi connectivity index (χ1n) is 8.36. The summed E-state index contributed by atoms with van der Waals surface area (Å²) in [6, 6.07) is 8.03. The molecule has 1 N–H and O–H groups in total. The number of ether oxygens (including phenoxy) is 2. The third-order valence-corrected chi connectivity index (χ3v) is 4.10. The number of hydrogen-bond acceptors (Lipinski definition) is 4. The van der Waals surface area contributed by atoms with E-state index in [1.54, 1.807) is 0 Å². The lowest BCUT2D eigenvalue weighted by molar-refractivity contribution is -0.143. The maximum atomic E-state index is 11.3. The molecule has 0 aliphatic carbocycles. The largest absolute Gasteiger partial charge is 0.494 e. The summed E-state index contributed by atoms with van der Waals surface area (Å²) in [7, 11) is 0. The lowest BCUT2D eigenvalue weighted by atomic mass is 9.95. The van der Waals surface area contributed by atoms with E-state index in [1.165, 1.54) is 12.8 Å². The van der Waals surface area contributed by atoms with Gasteiger partial charge in [0.05, 0.1) is 13.2 Å². The van der Waals surface area contributed by atoms with Crippen LogP contribution >= 0.6 is 0 Å². The molecule has 0 aromatic heterocycles. The molecular formula is C18H27NO3. The average molecular weight is 305 g/mol. The Bertz CT molecular complexity index is 438. The molecule has 0 bridgehead atoms. The van der Waals surface area contributed by atoms with Crippen molar-refractivity contribution in [2.45, 2.75) is 39.0 Å². The van der Waals surface area contributed by atoms with E-state index in [4.69, 9.17) is 9.47 Å². The van der Waals surface area contributed by atoms with Gasteiger partial charge in [0.1, 0.15) is 5.75 Å². The van der Waals surface area contributed by atoms with E-state index in [9.17, 15) is 4.79 Å². The van der Waals surface area contributed by atoms with Gasteiger partial charge in [-0.1, -0.05) is 12.1 Å². The molecule has 1 fully saturated rings. The molecule has 2 rings (SSSR count). The second-order valence-corrected chi connectivity index (χ2v) is 5.78. The van der Waals surface area contributed by atoms with Crippen molar-refractivity contribution in [2.75, 3.05) is 26.3 Å². The van der Waals surface area contributed by atoms with Crippen LogP contribution in [0, 0.1) is 5.92 Å². The van der Waals surface area contributed by atoms with E-state index in [0.717, 1.165) is 43.3 Å². The van der Waals surface area contributed by atoms with Crippen molar-refractivity contribution in [3.8, 4) is 5.75 Å². The average Bonchev–Trinajstić information content (AvgIpc) is 2.55. The maximum Gasteiger partial charge on any atom is 0.306 e. The third kappa shape index (κ3) is 6.06. The van der Waals surface area contributed by atoms with Crippen LogP contribution in [0.1, 0.15) is 38.2 Å². The molecule has 22 heavy (non-hydrogen) atoms. The van der Waals surface area contributed by atoms with Crippen molar-refractivity contribution in [1.82, 2.24) is 5.32 Å². The van der Waals surface area contributed by atoms with Crippen molar-refractivity contribution >= 4 is 5.97 Å². The van der Waals surface area contributed by atoms with E-state index in [2.05, 4.69) is 5.32 Å². The highest BCUT2D eigenvalue weighted by atomic mass is 16.5. The SMILES string of the molecule is CCOC(=O)CCc1ccc(OCCC2CCNCC2)cc1. The molecule has 0 radical (unpaired) electrons. The molecule has 0 atom stereocenters. The third-order valence-electron chi connectivity index (χ3n) is 4.10. The zero-order valence-corrected chi connectivity index (χ0v) is 13.5. The van der Waals surface area contributed by atoms with E-state index < -0.39 is 0 Å². The number of esters is 1. The highest BCUT2D eigenvalue weighted by Gasteiger charge is 2.12. The molecule has 0 saturated carbocycles. The van der Waals surface area contributed by atoms with Crippen LogP contribution in [0.4, 0.5) is 0 Å². The molecule has 1 aliphatic rings. The Labute approximate surface area is 133 Å². The molecule has 0 amide bonds. The first-order valence-corrected chi connectivity index (χ1v) is 8.36. The zero-order chi connectivity index (χ0) is 15.6. The molecule has 0 spiro atoms. The minimum atomic E-state index is -0.134. The topological polar surface area (TPSA) is 47.6 Å². The molecule has 1 aliphatic heterocycles. The number of nitrogens with one attached hydrogen (secondary N) is 1. The second kappa shape index (κ2) is 9.46. The van der Waals surface area contributed by atoms with Crippen LogP contribution in [0.2, 0.25) is 0 Å². The molecule has 1 heterocycles. The van der Waals surface area contributed by atoms with Gasteiger partial charge in [0.15, 0.2) is 0 Å². The quantitative estimate of drug-likeness (QED) is 0.750. The highest BCUT2D eigenvalue weighted by molar-refractivity contribution is 5.69. The van der Waals surface area contributed by atoms with Gasteiger partial charge < -0.3 is 14.8 Å². The predicted octanol–water partition coefficient (Wildman–Crippen LogP) is 2.95. The van der Waals surface area contributed by atoms with Gasteiger partial charge in [-0.25, -0.2) is 0 Å². The van der Waals surface area contributed by atoms with Crippen molar-refractivity contribution in [2.24, 2.45) is 5.92 Å². The number of hydrogen-bond donors (Lipinski definition) is 1. The minimum Gasteiger partial charge on any atom is -0.494 e. The molecule has 4 heteroatoms. The van der Waals surface area contributed by atoms with Crippen LogP contribution in [-0.2, 0) is 16.0 Å². The fourth-order valence-electron chi connectivity index (χ4n) is 2.75. The van der Waals surface area contributed by atoms with Crippen molar-refractivity contribution in [1.29, 1.82) is 0 Å². The number of rotatable bonds is 8. The normalized spacial score (nSPS) is 15.5. The summed E-state index contributed by atoms with van der Waals surface area (Å²) in [6.07, 6.45) is 4.80. The molecule has 4 nitrogen and oxygen atoms in total. The Morgan fingerprint density at radius 3 is 2.64 bits per heavy atom. The number of aryl methyl sites for hydroxylation is 1. The first-order chi connectivity index (χ1) is 10.8. The highest BCUT2D eigenvalue weighted by Crippen LogP contribution is 2.18. The van der Waals surface area contributed by atoms with Gasteiger partial charge in [-0.3, -0.25) is 4.79 Å². The maximum absolute atomic E-state index is 11.3. The molecule has 1 aromatic carbocycles. The fraction of sp³-hybridized carbons (Fsp3) is 0.611. The molecule has 0 unspecified atom stereocenters. The summed E-state index contributed by atoms with van der Waals surface area (Å²) >= 11 is 0. The Morgan fingerprint density at radius 2 is 1.95 bits per heavy atom. The van der Waals surface area contributed by atoms with Crippen LogP contribution in [0.5, 0.6) is 5.75 Å². The van der Waals surface area contributed by atoms with Crippen molar-refractivity contribution < 1.29 is 14.3 Å². The van der Waals surface area contributed by atoms with E-state index in [1.807, 2.05) is 31.2 Å². The zero-order valence-electron chi connectivity index (χ0n) is 13.5. The van der Waals surface area contributed by atoms with Gasteiger partial charge in [0.2, 0.25) is 0 Å². The van der Waals surface area contributed by atoms with Gasteiger partial charge in [0.25, 0.3) is 0 Å². The first kappa shape index (κ1) is 16.8. The summed E-state index contributed by atoms with van der Waals surface area (Å²) in [5.74, 6) is 1.57. The van der Waals surface area contributed by atoms with Crippen LogP contribution in [-0.4, -0.2) is 32.3 Å². The standard InChI is InChI=1S/C18H27NO3/c1-2-21-18(20)8-5-15-3-6-17(7-4-15)22-14-11-16-9-12-19-13-10-16/h3-4,6-7,16,19H,2,5,8-14H2,1H3. The summed E-state index contributed by atoms with van der Waals surface area (Å²) in [4.78, 5) is 11.3. The number of piperidine rings is 1. The molecule has 122 valence electrons. The summed E-state index contributed by atoms with van der Waals surface area (Å²) in [5, 5.41) is 3.38. The van der Waals surface area contributed by atoms with Gasteiger partial charge in [0, 0.05) is 6.42 Å². The summed E-state index contributed by atoms with van der Waals surface area (Å²) in [5.41, 5.74) is 1.14. The van der Waals surface area contributed by atoms with Crippen molar-refractivity contribution in [3.63, 3.8) is 0 Å². The Balaban J connectivity index is 1.66. The van der Waals surface area contributed by atoms with Gasteiger partial charge in [-0.15, -0.1) is 0 Å². The summed E-state index contributed by atoms with van der Waals surface area (Å²) < 4.78 is 10.7. The number of carbonyl (C=O) groups excluding carboxylic acids is 1. The Kier molecular flexibility index (Phi) is 7.23. The number of carbonyl (C=O) groups is 1. The van der Waals surface area contributed by atoms with Crippen LogP contribution < -0.4 is 10.1 Å². The Morgan fingerprint density at radius 1 is 1.23 bits per heavy atom. The van der Waals surface area contributed by atoms with Crippen LogP contribution in [0.25, 0.3) is 0 Å². The monoisotopic (exact) mass is 305 g/mol.